The lowest BCUT2D eigenvalue weighted by Crippen LogP contribution is -2.39. The third-order valence-corrected chi connectivity index (χ3v) is 5.32. The fourth-order valence-corrected chi connectivity index (χ4v) is 3.75. The molecule has 1 fully saturated rings. The second-order valence-corrected chi connectivity index (χ2v) is 7.34. The molecule has 1 aliphatic rings. The molecule has 2 heterocycles. The summed E-state index contributed by atoms with van der Waals surface area (Å²) in [7, 11) is 0. The van der Waals surface area contributed by atoms with Crippen molar-refractivity contribution >= 4 is 11.9 Å². The zero-order chi connectivity index (χ0) is 21.3. The molecule has 0 saturated carbocycles. The number of amides is 1. The highest BCUT2D eigenvalue weighted by atomic mass is 19.3. The predicted molar refractivity (Wildman–Crippen MR) is 103 cm³/mol. The van der Waals surface area contributed by atoms with Gasteiger partial charge in [-0.3, -0.25) is 4.79 Å². The van der Waals surface area contributed by atoms with Crippen molar-refractivity contribution in [2.75, 3.05) is 13.2 Å². The van der Waals surface area contributed by atoms with Gasteiger partial charge in [-0.25, -0.2) is 18.7 Å². The summed E-state index contributed by atoms with van der Waals surface area (Å²) >= 11 is 0. The maximum Gasteiger partial charge on any atom is 0.410 e. The molecular weight excluding hydrogens is 396 g/mol. The summed E-state index contributed by atoms with van der Waals surface area (Å²) in [5, 5.41) is 13.6. The van der Waals surface area contributed by atoms with Crippen molar-refractivity contribution < 1.29 is 23.1 Å². The van der Waals surface area contributed by atoms with Crippen molar-refractivity contribution in [3.8, 4) is 0 Å². The number of aryl methyl sites for hydroxylation is 1. The van der Waals surface area contributed by atoms with Gasteiger partial charge in [-0.15, -0.1) is 5.10 Å². The van der Waals surface area contributed by atoms with Crippen LogP contribution in [-0.4, -0.2) is 63.0 Å². The average Bonchev–Trinajstić information content (AvgIpc) is 3.39. The minimum atomic E-state index is -3.03. The molecule has 1 aliphatic heterocycles. The molecule has 1 aromatic carbocycles. The van der Waals surface area contributed by atoms with Crippen LogP contribution >= 0.6 is 0 Å². The van der Waals surface area contributed by atoms with Crippen LogP contribution in [0.5, 0.6) is 0 Å². The van der Waals surface area contributed by atoms with Gasteiger partial charge in [0.15, 0.2) is 5.78 Å². The number of benzene rings is 1. The Morgan fingerprint density at radius 2 is 1.97 bits per heavy atom. The van der Waals surface area contributed by atoms with Crippen molar-refractivity contribution in [1.29, 1.82) is 0 Å². The number of tetrazole rings is 1. The number of nitrogens with one attached hydrogen (secondary N) is 1. The van der Waals surface area contributed by atoms with E-state index in [9.17, 15) is 18.4 Å². The molecule has 0 bridgehead atoms. The number of aromatic amines is 1. The van der Waals surface area contributed by atoms with Gasteiger partial charge in [-0.2, -0.15) is 0 Å². The number of ether oxygens (including phenoxy) is 1. The smallest absolute Gasteiger partial charge is 0.410 e. The van der Waals surface area contributed by atoms with Crippen LogP contribution in [0.3, 0.4) is 0 Å². The Morgan fingerprint density at radius 1 is 1.20 bits per heavy atom. The minimum absolute atomic E-state index is 0.0907. The maximum atomic E-state index is 12.9. The number of hydrogen-bond donors (Lipinski definition) is 1. The number of H-pyrrole nitrogens is 1. The number of ketones is 1. The lowest BCUT2D eigenvalue weighted by Gasteiger charge is -2.29. The second-order valence-electron chi connectivity index (χ2n) is 7.34. The molecule has 1 saturated heterocycles. The fourth-order valence-electron chi connectivity index (χ4n) is 3.75. The van der Waals surface area contributed by atoms with Crippen LogP contribution in [0, 0.1) is 0 Å². The van der Waals surface area contributed by atoms with E-state index in [-0.39, 0.29) is 13.0 Å². The highest BCUT2D eigenvalue weighted by molar-refractivity contribution is 5.82. The monoisotopic (exact) mass is 421 g/mol. The zero-order valence-corrected chi connectivity index (χ0v) is 16.5. The van der Waals surface area contributed by atoms with Gasteiger partial charge in [-0.05, 0) is 28.8 Å². The quantitative estimate of drug-likeness (QED) is 0.529. The molecule has 1 amide bonds. The summed E-state index contributed by atoms with van der Waals surface area (Å²) in [5.74, 6) is -0.907. The van der Waals surface area contributed by atoms with Crippen molar-refractivity contribution in [2.45, 2.75) is 56.9 Å². The Bertz CT molecular complexity index is 804. The zero-order valence-electron chi connectivity index (χ0n) is 16.5. The van der Waals surface area contributed by atoms with E-state index in [0.717, 1.165) is 43.5 Å². The molecule has 2 atom stereocenters. The molecule has 0 radical (unpaired) electrons. The van der Waals surface area contributed by atoms with Crippen LogP contribution in [0.15, 0.2) is 30.3 Å². The third-order valence-electron chi connectivity index (χ3n) is 5.32. The topological polar surface area (TPSA) is 101 Å². The van der Waals surface area contributed by atoms with Crippen molar-refractivity contribution in [2.24, 2.45) is 0 Å². The number of cyclic esters (lactones) is 1. The normalized spacial score (nSPS) is 17.4. The summed E-state index contributed by atoms with van der Waals surface area (Å²) in [5.41, 5.74) is 0.750. The first-order valence-electron chi connectivity index (χ1n) is 10.1. The van der Waals surface area contributed by atoms with Gasteiger partial charge in [0.2, 0.25) is 0 Å². The highest BCUT2D eigenvalue weighted by Gasteiger charge is 2.40. The molecule has 1 N–H and O–H groups in total. The number of carbonyl (C=O) groups is 2. The van der Waals surface area contributed by atoms with Crippen molar-refractivity contribution in [3.05, 3.63) is 41.7 Å². The Morgan fingerprint density at radius 3 is 2.67 bits per heavy atom. The predicted octanol–water partition coefficient (Wildman–Crippen LogP) is 3.13. The number of unbranched alkanes of at least 4 members (excludes halogenated alkanes) is 3. The Kier molecular flexibility index (Phi) is 7.81. The molecule has 30 heavy (non-hydrogen) atoms. The van der Waals surface area contributed by atoms with E-state index in [1.807, 2.05) is 6.07 Å². The minimum Gasteiger partial charge on any atom is -0.447 e. The largest absolute Gasteiger partial charge is 0.447 e. The van der Waals surface area contributed by atoms with E-state index in [4.69, 9.17) is 4.74 Å². The lowest BCUT2D eigenvalue weighted by atomic mass is 9.86. The summed E-state index contributed by atoms with van der Waals surface area (Å²) in [6.45, 7) is 0.549. The van der Waals surface area contributed by atoms with Gasteiger partial charge < -0.3 is 9.64 Å². The van der Waals surface area contributed by atoms with E-state index in [1.165, 1.54) is 0 Å². The first-order valence-corrected chi connectivity index (χ1v) is 10.1. The summed E-state index contributed by atoms with van der Waals surface area (Å²) < 4.78 is 31.0. The summed E-state index contributed by atoms with van der Waals surface area (Å²) in [6, 6.07) is 8.55. The van der Waals surface area contributed by atoms with Gasteiger partial charge in [0, 0.05) is 25.3 Å². The first kappa shape index (κ1) is 21.8. The Balaban J connectivity index is 1.57. The number of rotatable bonds is 12. The van der Waals surface area contributed by atoms with Crippen LogP contribution < -0.4 is 0 Å². The van der Waals surface area contributed by atoms with Crippen LogP contribution in [-0.2, 0) is 16.0 Å². The number of halogens is 2. The molecule has 1 aromatic heterocycles. The van der Waals surface area contributed by atoms with E-state index >= 15 is 0 Å². The van der Waals surface area contributed by atoms with E-state index in [0.29, 0.717) is 6.54 Å². The maximum absolute atomic E-state index is 12.9. The molecule has 10 heteroatoms. The highest BCUT2D eigenvalue weighted by Crippen LogP contribution is 2.32. The number of hydrogen-bond acceptors (Lipinski definition) is 6. The van der Waals surface area contributed by atoms with Gasteiger partial charge in [0.1, 0.15) is 12.4 Å². The Hall–Kier alpha value is -2.91. The van der Waals surface area contributed by atoms with Gasteiger partial charge in [-0.1, -0.05) is 43.2 Å². The number of nitrogens with zero attached hydrogens (tertiary/aromatic N) is 4. The van der Waals surface area contributed by atoms with Crippen LogP contribution in [0.1, 0.15) is 49.4 Å². The van der Waals surface area contributed by atoms with Crippen molar-refractivity contribution in [1.82, 2.24) is 25.5 Å². The van der Waals surface area contributed by atoms with Gasteiger partial charge in [0.05, 0.1) is 6.04 Å². The van der Waals surface area contributed by atoms with Crippen LogP contribution in [0.25, 0.3) is 0 Å². The second kappa shape index (κ2) is 10.7. The van der Waals surface area contributed by atoms with E-state index in [2.05, 4.69) is 20.6 Å². The number of aromatic nitrogens is 4. The molecule has 0 aliphatic carbocycles. The van der Waals surface area contributed by atoms with Gasteiger partial charge >= 0.3 is 6.09 Å². The number of alkyl halides is 2. The van der Waals surface area contributed by atoms with E-state index < -0.39 is 30.3 Å². The SMILES string of the molecule is O=C(CC(c1ccccc1)C1COC(=O)N1CCCCCCc1nnn[nH]1)C(F)F. The molecule has 3 rings (SSSR count). The number of Topliss-reactive ketones (excluding diaryl/α,β-unsaturated/α-hetero) is 1. The third kappa shape index (κ3) is 5.80. The van der Waals surface area contributed by atoms with Crippen molar-refractivity contribution in [3.63, 3.8) is 0 Å². The Labute approximate surface area is 173 Å². The van der Waals surface area contributed by atoms with E-state index in [1.54, 1.807) is 29.2 Å². The molecule has 162 valence electrons. The summed E-state index contributed by atoms with van der Waals surface area (Å²) in [4.78, 5) is 25.6. The fraction of sp³-hybridized carbons (Fsp3) is 0.550. The number of carbonyl (C=O) groups excluding carboxylic acids is 2. The average molecular weight is 421 g/mol. The summed E-state index contributed by atoms with van der Waals surface area (Å²) in [6.07, 6.45) is 0.452. The molecule has 0 spiro atoms. The molecular formula is C20H25F2N5O3. The standard InChI is InChI=1S/C20H25F2N5O3/c21-19(22)17(28)12-15(14-8-4-3-5-9-14)16-13-30-20(29)27(16)11-7-2-1-6-10-18-23-25-26-24-18/h3-5,8-9,15-16,19H,1-2,6-7,10-13H2,(H,23,24,25,26). The van der Waals surface area contributed by atoms with Gasteiger partial charge in [0.25, 0.3) is 6.43 Å². The van der Waals surface area contributed by atoms with Crippen LogP contribution in [0.2, 0.25) is 0 Å². The molecule has 8 nitrogen and oxygen atoms in total. The molecule has 2 aromatic rings. The van der Waals surface area contributed by atoms with Crippen LogP contribution in [0.4, 0.5) is 13.6 Å². The lowest BCUT2D eigenvalue weighted by molar-refractivity contribution is -0.130. The molecule has 2 unspecified atom stereocenters. The first-order chi connectivity index (χ1) is 14.6.